The number of rotatable bonds is 5. The molecule has 7 heteroatoms. The average molecular weight is 327 g/mol. The van der Waals surface area contributed by atoms with Gasteiger partial charge >= 0.3 is 0 Å². The van der Waals surface area contributed by atoms with Gasteiger partial charge < -0.3 is 20.1 Å². The van der Waals surface area contributed by atoms with Gasteiger partial charge in [0, 0.05) is 57.9 Å². The van der Waals surface area contributed by atoms with Crippen LogP contribution in [0, 0.1) is 11.6 Å². The predicted molar refractivity (Wildman–Crippen MR) is 84.0 cm³/mol. The highest BCUT2D eigenvalue weighted by Crippen LogP contribution is 2.28. The molecule has 1 atom stereocenters. The van der Waals surface area contributed by atoms with Crippen molar-refractivity contribution in [3.63, 3.8) is 0 Å². The van der Waals surface area contributed by atoms with Crippen molar-refractivity contribution in [1.29, 1.82) is 0 Å². The van der Waals surface area contributed by atoms with Gasteiger partial charge in [-0.2, -0.15) is 0 Å². The predicted octanol–water partition coefficient (Wildman–Crippen LogP) is 0.820. The third kappa shape index (κ3) is 4.10. The minimum absolute atomic E-state index is 0.0292. The molecule has 0 bridgehead atoms. The smallest absolute Gasteiger partial charge is 0.153 e. The summed E-state index contributed by atoms with van der Waals surface area (Å²) in [5, 5.41) is 12.6. The molecule has 2 aliphatic heterocycles. The van der Waals surface area contributed by atoms with Crippen LogP contribution in [0.2, 0.25) is 0 Å². The summed E-state index contributed by atoms with van der Waals surface area (Å²) < 4.78 is 34.0. The van der Waals surface area contributed by atoms with Gasteiger partial charge in [0.2, 0.25) is 0 Å². The van der Waals surface area contributed by atoms with Crippen molar-refractivity contribution >= 4 is 5.69 Å². The largest absolute Gasteiger partial charge is 0.492 e. The Morgan fingerprint density at radius 2 is 1.87 bits per heavy atom. The molecule has 1 aromatic carbocycles. The maximum atomic E-state index is 14.2. The van der Waals surface area contributed by atoms with E-state index in [9.17, 15) is 13.9 Å². The van der Waals surface area contributed by atoms with E-state index in [0.717, 1.165) is 26.1 Å². The van der Waals surface area contributed by atoms with Crippen LogP contribution >= 0.6 is 0 Å². The maximum absolute atomic E-state index is 14.2. The van der Waals surface area contributed by atoms with Crippen LogP contribution < -0.4 is 15.0 Å². The molecular weight excluding hydrogens is 304 g/mol. The van der Waals surface area contributed by atoms with Crippen LogP contribution in [-0.4, -0.2) is 68.5 Å². The lowest BCUT2D eigenvalue weighted by Crippen LogP contribution is -2.44. The van der Waals surface area contributed by atoms with E-state index in [1.54, 1.807) is 4.90 Å². The lowest BCUT2D eigenvalue weighted by atomic mass is 10.2. The van der Waals surface area contributed by atoms with Crippen LogP contribution in [0.25, 0.3) is 0 Å². The molecule has 1 aromatic rings. The summed E-state index contributed by atoms with van der Waals surface area (Å²) in [7, 11) is 0. The van der Waals surface area contributed by atoms with E-state index in [-0.39, 0.29) is 17.5 Å². The van der Waals surface area contributed by atoms with Crippen molar-refractivity contribution in [3.8, 4) is 5.75 Å². The van der Waals surface area contributed by atoms with Crippen molar-refractivity contribution in [2.45, 2.75) is 12.5 Å². The molecule has 2 aliphatic rings. The molecule has 128 valence electrons. The highest BCUT2D eigenvalue weighted by atomic mass is 19.1. The molecule has 0 saturated carbocycles. The molecule has 0 spiro atoms. The van der Waals surface area contributed by atoms with Gasteiger partial charge in [-0.05, 0) is 6.42 Å². The van der Waals surface area contributed by atoms with E-state index < -0.39 is 11.6 Å². The molecule has 23 heavy (non-hydrogen) atoms. The van der Waals surface area contributed by atoms with Gasteiger partial charge in [0.05, 0.1) is 6.10 Å². The highest BCUT2D eigenvalue weighted by molar-refractivity contribution is 5.52. The third-order valence-electron chi connectivity index (χ3n) is 4.35. The number of likely N-dealkylation sites (tertiary alicyclic amines) is 1. The molecule has 2 fully saturated rings. The zero-order valence-corrected chi connectivity index (χ0v) is 13.1. The quantitative estimate of drug-likeness (QED) is 0.839. The van der Waals surface area contributed by atoms with E-state index in [0.29, 0.717) is 32.8 Å². The molecule has 2 heterocycles. The summed E-state index contributed by atoms with van der Waals surface area (Å²) >= 11 is 0. The number of hydrogen-bond acceptors (Lipinski definition) is 5. The number of anilines is 1. The van der Waals surface area contributed by atoms with Gasteiger partial charge in [-0.3, -0.25) is 4.90 Å². The molecule has 0 aromatic heterocycles. The van der Waals surface area contributed by atoms with Crippen molar-refractivity contribution in [2.75, 3.05) is 57.3 Å². The number of aliphatic hydroxyl groups is 1. The first-order chi connectivity index (χ1) is 11.1. The van der Waals surface area contributed by atoms with Crippen LogP contribution in [0.1, 0.15) is 6.42 Å². The van der Waals surface area contributed by atoms with E-state index in [1.165, 1.54) is 12.1 Å². The Morgan fingerprint density at radius 3 is 2.48 bits per heavy atom. The van der Waals surface area contributed by atoms with Crippen molar-refractivity contribution < 1.29 is 18.6 Å². The lowest BCUT2D eigenvalue weighted by molar-refractivity contribution is 0.167. The van der Waals surface area contributed by atoms with Crippen LogP contribution in [-0.2, 0) is 0 Å². The molecular formula is C16H23F2N3O2. The van der Waals surface area contributed by atoms with E-state index in [1.807, 2.05) is 0 Å². The topological polar surface area (TPSA) is 48.0 Å². The number of hydrogen-bond donors (Lipinski definition) is 2. The second kappa shape index (κ2) is 7.42. The molecule has 0 aliphatic carbocycles. The van der Waals surface area contributed by atoms with Gasteiger partial charge in [0.25, 0.3) is 0 Å². The standard InChI is InChI=1S/C16H23F2N3O2/c17-14-9-13(23-8-7-20-4-1-12(22)11-20)10-15(18)16(14)21-5-2-19-3-6-21/h9-10,12,19,22H,1-8,11H2. The minimum Gasteiger partial charge on any atom is -0.492 e. The van der Waals surface area contributed by atoms with Gasteiger partial charge in [0.1, 0.15) is 18.0 Å². The van der Waals surface area contributed by atoms with Crippen molar-refractivity contribution in [2.24, 2.45) is 0 Å². The molecule has 3 rings (SSSR count). The summed E-state index contributed by atoms with van der Waals surface area (Å²) in [4.78, 5) is 3.79. The van der Waals surface area contributed by atoms with Crippen LogP contribution in [0.3, 0.4) is 0 Å². The van der Waals surface area contributed by atoms with Crippen LogP contribution in [0.15, 0.2) is 12.1 Å². The first kappa shape index (κ1) is 16.4. The fourth-order valence-electron chi connectivity index (χ4n) is 3.12. The monoisotopic (exact) mass is 327 g/mol. The number of piperazine rings is 1. The number of benzene rings is 1. The first-order valence-corrected chi connectivity index (χ1v) is 8.11. The Bertz CT molecular complexity index is 515. The van der Waals surface area contributed by atoms with Gasteiger partial charge in [-0.25, -0.2) is 8.78 Å². The van der Waals surface area contributed by atoms with Crippen molar-refractivity contribution in [3.05, 3.63) is 23.8 Å². The second-order valence-electron chi connectivity index (χ2n) is 6.06. The molecule has 1 unspecified atom stereocenters. The summed E-state index contributed by atoms with van der Waals surface area (Å²) in [5.41, 5.74) is 0.0292. The van der Waals surface area contributed by atoms with Crippen LogP contribution in [0.4, 0.5) is 14.5 Å². The summed E-state index contributed by atoms with van der Waals surface area (Å²) in [6.07, 6.45) is 0.492. The van der Waals surface area contributed by atoms with Crippen LogP contribution in [0.5, 0.6) is 5.75 Å². The van der Waals surface area contributed by atoms with Crippen molar-refractivity contribution in [1.82, 2.24) is 10.2 Å². The van der Waals surface area contributed by atoms with Gasteiger partial charge in [-0.15, -0.1) is 0 Å². The molecule has 2 saturated heterocycles. The second-order valence-corrected chi connectivity index (χ2v) is 6.06. The zero-order valence-electron chi connectivity index (χ0n) is 13.1. The number of halogens is 2. The fraction of sp³-hybridized carbons (Fsp3) is 0.625. The summed E-state index contributed by atoms with van der Waals surface area (Å²) in [6, 6.07) is 2.50. The third-order valence-corrected chi connectivity index (χ3v) is 4.35. The molecule has 5 nitrogen and oxygen atoms in total. The van der Waals surface area contributed by atoms with E-state index >= 15 is 0 Å². The maximum Gasteiger partial charge on any atom is 0.153 e. The Morgan fingerprint density at radius 1 is 1.17 bits per heavy atom. The van der Waals surface area contributed by atoms with Gasteiger partial charge in [0.15, 0.2) is 11.6 Å². The molecule has 2 N–H and O–H groups in total. The highest BCUT2D eigenvalue weighted by Gasteiger charge is 2.21. The average Bonchev–Trinajstić information content (AvgIpc) is 2.93. The Kier molecular flexibility index (Phi) is 5.30. The number of aliphatic hydroxyl groups excluding tert-OH is 1. The van der Waals surface area contributed by atoms with E-state index in [4.69, 9.17) is 4.74 Å². The van der Waals surface area contributed by atoms with Gasteiger partial charge in [-0.1, -0.05) is 0 Å². The number of nitrogens with one attached hydrogen (secondary N) is 1. The Labute approximate surface area is 134 Å². The SMILES string of the molecule is OC1CCN(CCOc2cc(F)c(N3CCNCC3)c(F)c2)C1. The minimum atomic E-state index is -0.585. The fourth-order valence-corrected chi connectivity index (χ4v) is 3.12. The molecule has 0 radical (unpaired) electrons. The normalized spacial score (nSPS) is 22.6. The zero-order chi connectivity index (χ0) is 16.2. The first-order valence-electron chi connectivity index (χ1n) is 8.11. The van der Waals surface area contributed by atoms with E-state index in [2.05, 4.69) is 10.2 Å². The Balaban J connectivity index is 1.58. The number of ether oxygens (including phenoxy) is 1. The lowest BCUT2D eigenvalue weighted by Gasteiger charge is -2.30. The summed E-state index contributed by atoms with van der Waals surface area (Å²) in [5.74, 6) is -0.962. The molecule has 0 amide bonds. The Hall–Kier alpha value is -1.44. The number of β-amino-alcohol motifs (C(OH)–C–C–N with tert-alkyl or cyclic N) is 1. The summed E-state index contributed by atoms with van der Waals surface area (Å²) in [6.45, 7) is 5.07. The number of nitrogens with zero attached hydrogens (tertiary/aromatic N) is 2.